The predicted octanol–water partition coefficient (Wildman–Crippen LogP) is 4.47. The molecule has 2 heterocycles. The molecule has 0 spiro atoms. The smallest absolute Gasteiger partial charge is 0.322 e. The van der Waals surface area contributed by atoms with Crippen LogP contribution < -0.4 is 10.6 Å². The van der Waals surface area contributed by atoms with Gasteiger partial charge in [-0.2, -0.15) is 0 Å². The Kier molecular flexibility index (Phi) is 5.95. The number of nitrogens with zero attached hydrogens (tertiary/aromatic N) is 1. The lowest BCUT2D eigenvalue weighted by Gasteiger charge is -2.24. The topological polar surface area (TPSA) is 70.7 Å². The lowest BCUT2D eigenvalue weighted by Crippen LogP contribution is -2.41. The van der Waals surface area contributed by atoms with Gasteiger partial charge in [-0.25, -0.2) is 4.79 Å². The SMILES string of the molecule is O=C(NC1CC=C(c2ccc(NC(=O)N3Cc4ccccc4C3)cc2)CC1)[C@@H]1CCCO1. The summed E-state index contributed by atoms with van der Waals surface area (Å²) in [5, 5.41) is 6.15. The third-order valence-electron chi connectivity index (χ3n) is 6.61. The van der Waals surface area contributed by atoms with Crippen molar-refractivity contribution >= 4 is 23.2 Å². The summed E-state index contributed by atoms with van der Waals surface area (Å²) in [7, 11) is 0. The molecule has 2 N–H and O–H groups in total. The fraction of sp³-hybridized carbons (Fsp3) is 0.385. The molecular weight excluding hydrogens is 402 g/mol. The molecule has 2 aromatic rings. The first-order chi connectivity index (χ1) is 15.7. The third kappa shape index (κ3) is 4.55. The maximum absolute atomic E-state index is 12.6. The fourth-order valence-electron chi connectivity index (χ4n) is 4.75. The lowest BCUT2D eigenvalue weighted by molar-refractivity contribution is -0.130. The van der Waals surface area contributed by atoms with Crippen molar-refractivity contribution in [3.63, 3.8) is 0 Å². The summed E-state index contributed by atoms with van der Waals surface area (Å²) in [4.78, 5) is 26.7. The predicted molar refractivity (Wildman–Crippen MR) is 124 cm³/mol. The molecule has 2 aliphatic heterocycles. The molecule has 6 nitrogen and oxygen atoms in total. The molecule has 3 aliphatic rings. The molecule has 2 atom stereocenters. The highest BCUT2D eigenvalue weighted by Gasteiger charge is 2.26. The molecule has 5 rings (SSSR count). The van der Waals surface area contributed by atoms with Crippen LogP contribution in [0.25, 0.3) is 5.57 Å². The highest BCUT2D eigenvalue weighted by molar-refractivity contribution is 5.90. The van der Waals surface area contributed by atoms with Gasteiger partial charge in [0.1, 0.15) is 6.10 Å². The van der Waals surface area contributed by atoms with Crippen molar-refractivity contribution in [2.24, 2.45) is 0 Å². The van der Waals surface area contributed by atoms with E-state index in [4.69, 9.17) is 4.74 Å². The number of benzene rings is 2. The molecule has 32 heavy (non-hydrogen) atoms. The Bertz CT molecular complexity index is 1000. The molecule has 1 unspecified atom stereocenters. The second-order valence-electron chi connectivity index (χ2n) is 8.84. The molecule has 2 aromatic carbocycles. The zero-order valence-electron chi connectivity index (χ0n) is 18.2. The van der Waals surface area contributed by atoms with E-state index in [-0.39, 0.29) is 24.1 Å². The molecular formula is C26H29N3O3. The van der Waals surface area contributed by atoms with Gasteiger partial charge in [-0.05, 0) is 66.5 Å². The van der Waals surface area contributed by atoms with Crippen molar-refractivity contribution in [2.45, 2.75) is 57.3 Å². The van der Waals surface area contributed by atoms with Gasteiger partial charge in [0, 0.05) is 31.4 Å². The van der Waals surface area contributed by atoms with Crippen molar-refractivity contribution in [3.05, 3.63) is 71.3 Å². The second-order valence-corrected chi connectivity index (χ2v) is 8.84. The minimum atomic E-state index is -0.266. The zero-order chi connectivity index (χ0) is 21.9. The van der Waals surface area contributed by atoms with E-state index in [1.54, 1.807) is 0 Å². The zero-order valence-corrected chi connectivity index (χ0v) is 18.2. The van der Waals surface area contributed by atoms with Crippen molar-refractivity contribution in [2.75, 3.05) is 11.9 Å². The van der Waals surface area contributed by atoms with Crippen molar-refractivity contribution < 1.29 is 14.3 Å². The van der Waals surface area contributed by atoms with E-state index in [2.05, 4.69) is 41.0 Å². The van der Waals surface area contributed by atoms with Crippen LogP contribution in [-0.2, 0) is 22.6 Å². The quantitative estimate of drug-likeness (QED) is 0.751. The number of hydrogen-bond acceptors (Lipinski definition) is 3. The minimum absolute atomic E-state index is 0.0329. The molecule has 1 aliphatic carbocycles. The van der Waals surface area contributed by atoms with Gasteiger partial charge in [0.25, 0.3) is 0 Å². The number of hydrogen-bond donors (Lipinski definition) is 2. The number of anilines is 1. The number of amides is 3. The van der Waals surface area contributed by atoms with Gasteiger partial charge in [-0.15, -0.1) is 0 Å². The Balaban J connectivity index is 1.13. The maximum atomic E-state index is 12.6. The van der Waals surface area contributed by atoms with Crippen LogP contribution in [0.1, 0.15) is 48.8 Å². The Labute approximate surface area is 188 Å². The van der Waals surface area contributed by atoms with Crippen LogP contribution in [0.4, 0.5) is 10.5 Å². The highest BCUT2D eigenvalue weighted by Crippen LogP contribution is 2.29. The summed E-state index contributed by atoms with van der Waals surface area (Å²) in [5.41, 5.74) is 5.69. The summed E-state index contributed by atoms with van der Waals surface area (Å²) in [6.45, 7) is 1.99. The molecule has 6 heteroatoms. The van der Waals surface area contributed by atoms with E-state index >= 15 is 0 Å². The monoisotopic (exact) mass is 431 g/mol. The summed E-state index contributed by atoms with van der Waals surface area (Å²) < 4.78 is 5.47. The molecule has 3 amide bonds. The van der Waals surface area contributed by atoms with Crippen LogP contribution in [0.15, 0.2) is 54.6 Å². The second kappa shape index (κ2) is 9.17. The standard InChI is InChI=1S/C26H29N3O3/c30-25(24-6-3-15-32-24)27-22-11-7-18(8-12-22)19-9-13-23(14-10-19)28-26(31)29-16-20-4-1-2-5-21(20)17-29/h1-2,4-5,7,9-10,13-14,22,24H,3,6,8,11-12,15-17H2,(H,27,30)(H,28,31)/t22?,24-/m0/s1. The number of rotatable bonds is 4. The molecule has 0 saturated carbocycles. The molecule has 0 bridgehead atoms. The first kappa shape index (κ1) is 20.8. The van der Waals surface area contributed by atoms with Crippen LogP contribution in [0.3, 0.4) is 0 Å². The number of allylic oxidation sites excluding steroid dienone is 1. The maximum Gasteiger partial charge on any atom is 0.322 e. The summed E-state index contributed by atoms with van der Waals surface area (Å²) in [6, 6.07) is 16.3. The van der Waals surface area contributed by atoms with E-state index in [1.165, 1.54) is 22.3 Å². The first-order valence-electron chi connectivity index (χ1n) is 11.5. The number of urea groups is 1. The number of fused-ring (bicyclic) bond motifs is 1. The Hall–Kier alpha value is -3.12. The van der Waals surface area contributed by atoms with Gasteiger partial charge in [0.2, 0.25) is 5.91 Å². The van der Waals surface area contributed by atoms with Gasteiger partial charge < -0.3 is 20.3 Å². The third-order valence-corrected chi connectivity index (χ3v) is 6.61. The van der Waals surface area contributed by atoms with E-state index in [0.717, 1.165) is 37.8 Å². The van der Waals surface area contributed by atoms with E-state index in [0.29, 0.717) is 19.7 Å². The van der Waals surface area contributed by atoms with Gasteiger partial charge in [-0.1, -0.05) is 42.5 Å². The van der Waals surface area contributed by atoms with Crippen LogP contribution in [-0.4, -0.2) is 35.6 Å². The van der Waals surface area contributed by atoms with Crippen molar-refractivity contribution in [1.82, 2.24) is 10.2 Å². The molecule has 166 valence electrons. The minimum Gasteiger partial charge on any atom is -0.368 e. The van der Waals surface area contributed by atoms with E-state index in [1.807, 2.05) is 29.2 Å². The number of ether oxygens (including phenoxy) is 1. The van der Waals surface area contributed by atoms with Crippen LogP contribution in [0.5, 0.6) is 0 Å². The molecule has 0 aromatic heterocycles. The number of carbonyl (C=O) groups excluding carboxylic acids is 2. The molecule has 0 radical (unpaired) electrons. The highest BCUT2D eigenvalue weighted by atomic mass is 16.5. The Morgan fingerprint density at radius 2 is 1.72 bits per heavy atom. The van der Waals surface area contributed by atoms with E-state index in [9.17, 15) is 9.59 Å². The largest absolute Gasteiger partial charge is 0.368 e. The van der Waals surface area contributed by atoms with Gasteiger partial charge in [-0.3, -0.25) is 4.79 Å². The van der Waals surface area contributed by atoms with Gasteiger partial charge in [0.15, 0.2) is 0 Å². The average molecular weight is 432 g/mol. The summed E-state index contributed by atoms with van der Waals surface area (Å²) in [5.74, 6) is 0.0329. The Morgan fingerprint density at radius 3 is 2.34 bits per heavy atom. The molecule has 1 fully saturated rings. The number of carbonyl (C=O) groups is 2. The lowest BCUT2D eigenvalue weighted by atomic mass is 9.90. The summed E-state index contributed by atoms with van der Waals surface area (Å²) >= 11 is 0. The summed E-state index contributed by atoms with van der Waals surface area (Å²) in [6.07, 6.45) is 6.44. The average Bonchev–Trinajstić information content (AvgIpc) is 3.50. The normalized spacial score (nSPS) is 22.2. The Morgan fingerprint density at radius 1 is 0.969 bits per heavy atom. The van der Waals surface area contributed by atoms with Crippen LogP contribution in [0.2, 0.25) is 0 Å². The van der Waals surface area contributed by atoms with Crippen molar-refractivity contribution in [3.8, 4) is 0 Å². The fourth-order valence-corrected chi connectivity index (χ4v) is 4.75. The van der Waals surface area contributed by atoms with Gasteiger partial charge >= 0.3 is 6.03 Å². The molecule has 1 saturated heterocycles. The number of nitrogens with one attached hydrogen (secondary N) is 2. The van der Waals surface area contributed by atoms with Crippen LogP contribution in [0, 0.1) is 0 Å². The first-order valence-corrected chi connectivity index (χ1v) is 11.5. The van der Waals surface area contributed by atoms with Crippen LogP contribution >= 0.6 is 0 Å². The van der Waals surface area contributed by atoms with Gasteiger partial charge in [0.05, 0.1) is 0 Å². The van der Waals surface area contributed by atoms with Crippen molar-refractivity contribution in [1.29, 1.82) is 0 Å². The van der Waals surface area contributed by atoms with E-state index < -0.39 is 0 Å².